The average molecular weight is 262 g/mol. The molecule has 0 spiro atoms. The highest BCUT2D eigenvalue weighted by molar-refractivity contribution is 6.35. The Labute approximate surface area is 110 Å². The fraction of sp³-hybridized carbons (Fsp3) is 0.214. The van der Waals surface area contributed by atoms with E-state index in [1.54, 1.807) is 18.3 Å². The molecule has 4 heteroatoms. The minimum absolute atomic E-state index is 0.601. The first-order valence-electron chi connectivity index (χ1n) is 5.81. The molecule has 0 radical (unpaired) electrons. The van der Waals surface area contributed by atoms with Crippen molar-refractivity contribution in [3.8, 4) is 0 Å². The number of ether oxygens (including phenoxy) is 1. The third-order valence-corrected chi connectivity index (χ3v) is 3.37. The Balaban J connectivity index is 2.14. The first kappa shape index (κ1) is 11.5. The Morgan fingerprint density at radius 2 is 2.22 bits per heavy atom. The van der Waals surface area contributed by atoms with Crippen LogP contribution in [0.2, 0.25) is 5.02 Å². The molecule has 0 aliphatic carbocycles. The van der Waals surface area contributed by atoms with Gasteiger partial charge in [-0.05, 0) is 24.3 Å². The number of benzene rings is 1. The number of nitrogens with zero attached hydrogens (tertiary/aromatic N) is 1. The minimum atomic E-state index is -0.776. The normalized spacial score (nSPS) is 16.4. The summed E-state index contributed by atoms with van der Waals surface area (Å²) in [6.45, 7) is 0.630. The number of fused-ring (bicyclic) bond motifs is 1. The smallest absolute Gasteiger partial charge is 0.138 e. The number of hydrogen-bond donors (Lipinski definition) is 1. The first-order chi connectivity index (χ1) is 8.77. The molecule has 1 atom stereocenters. The lowest BCUT2D eigenvalue weighted by Crippen LogP contribution is -2.03. The Kier molecular flexibility index (Phi) is 2.94. The maximum Gasteiger partial charge on any atom is 0.138 e. The van der Waals surface area contributed by atoms with Crippen LogP contribution in [0.25, 0.3) is 10.9 Å². The van der Waals surface area contributed by atoms with Crippen molar-refractivity contribution in [2.75, 3.05) is 6.61 Å². The minimum Gasteiger partial charge on any atom is -0.495 e. The monoisotopic (exact) mass is 261 g/mol. The fourth-order valence-corrected chi connectivity index (χ4v) is 2.38. The summed E-state index contributed by atoms with van der Waals surface area (Å²) in [7, 11) is 0. The van der Waals surface area contributed by atoms with Gasteiger partial charge in [0.2, 0.25) is 0 Å². The Morgan fingerprint density at radius 1 is 1.33 bits per heavy atom. The van der Waals surface area contributed by atoms with Crippen LogP contribution in [0.1, 0.15) is 18.1 Å². The number of hydrogen-bond acceptors (Lipinski definition) is 3. The summed E-state index contributed by atoms with van der Waals surface area (Å²) in [5.74, 6) is 0.601. The van der Waals surface area contributed by atoms with E-state index in [0.717, 1.165) is 17.4 Å². The van der Waals surface area contributed by atoms with E-state index in [1.165, 1.54) is 0 Å². The molecule has 3 rings (SSSR count). The van der Waals surface area contributed by atoms with Crippen LogP contribution in [-0.2, 0) is 4.74 Å². The highest BCUT2D eigenvalue weighted by Crippen LogP contribution is 2.33. The van der Waals surface area contributed by atoms with Crippen molar-refractivity contribution in [2.45, 2.75) is 12.5 Å². The largest absolute Gasteiger partial charge is 0.495 e. The molecule has 18 heavy (non-hydrogen) atoms. The SMILES string of the molecule is OC(C1=CCCO1)c1ccc(Cl)c2cccnc12. The molecular weight excluding hydrogens is 250 g/mol. The van der Waals surface area contributed by atoms with Gasteiger partial charge in [-0.3, -0.25) is 4.98 Å². The van der Waals surface area contributed by atoms with Gasteiger partial charge in [0.25, 0.3) is 0 Å². The second-order valence-corrected chi connectivity index (χ2v) is 4.59. The van der Waals surface area contributed by atoms with Crippen LogP contribution in [0.3, 0.4) is 0 Å². The van der Waals surface area contributed by atoms with E-state index >= 15 is 0 Å². The number of halogens is 1. The zero-order valence-corrected chi connectivity index (χ0v) is 10.4. The standard InChI is InChI=1S/C14H12ClNO2/c15-11-6-5-10(13-9(11)3-1-7-16-13)14(17)12-4-2-8-18-12/h1,3-7,14,17H,2,8H2. The van der Waals surface area contributed by atoms with Gasteiger partial charge < -0.3 is 9.84 Å². The summed E-state index contributed by atoms with van der Waals surface area (Å²) in [6.07, 6.45) is 3.67. The fourth-order valence-electron chi connectivity index (χ4n) is 2.16. The van der Waals surface area contributed by atoms with Crippen molar-refractivity contribution in [3.05, 3.63) is 52.9 Å². The van der Waals surface area contributed by atoms with Gasteiger partial charge in [0, 0.05) is 28.6 Å². The van der Waals surface area contributed by atoms with Crippen LogP contribution >= 0.6 is 11.6 Å². The number of aliphatic hydroxyl groups is 1. The lowest BCUT2D eigenvalue weighted by atomic mass is 10.0. The summed E-state index contributed by atoms with van der Waals surface area (Å²) in [5.41, 5.74) is 1.44. The lowest BCUT2D eigenvalue weighted by Gasteiger charge is -2.14. The molecule has 1 aliphatic heterocycles. The number of aromatic nitrogens is 1. The molecular formula is C14H12ClNO2. The number of rotatable bonds is 2. The molecule has 2 heterocycles. The van der Waals surface area contributed by atoms with Gasteiger partial charge in [0.1, 0.15) is 11.9 Å². The van der Waals surface area contributed by atoms with E-state index in [4.69, 9.17) is 16.3 Å². The van der Waals surface area contributed by atoms with Crippen LogP contribution in [0.5, 0.6) is 0 Å². The summed E-state index contributed by atoms with van der Waals surface area (Å²) < 4.78 is 5.40. The highest BCUT2D eigenvalue weighted by Gasteiger charge is 2.21. The third kappa shape index (κ3) is 1.85. The molecule has 0 saturated heterocycles. The van der Waals surface area contributed by atoms with Crippen molar-refractivity contribution >= 4 is 22.5 Å². The van der Waals surface area contributed by atoms with E-state index in [1.807, 2.05) is 18.2 Å². The van der Waals surface area contributed by atoms with Gasteiger partial charge in [0.05, 0.1) is 12.1 Å². The number of aliphatic hydroxyl groups excluding tert-OH is 1. The number of pyridine rings is 1. The zero-order valence-electron chi connectivity index (χ0n) is 9.64. The summed E-state index contributed by atoms with van der Waals surface area (Å²) in [4.78, 5) is 4.31. The van der Waals surface area contributed by atoms with Crippen LogP contribution in [-0.4, -0.2) is 16.7 Å². The first-order valence-corrected chi connectivity index (χ1v) is 6.19. The van der Waals surface area contributed by atoms with Gasteiger partial charge in [-0.1, -0.05) is 17.7 Å². The summed E-state index contributed by atoms with van der Waals surface area (Å²) in [5, 5.41) is 11.8. The van der Waals surface area contributed by atoms with Gasteiger partial charge in [0.15, 0.2) is 0 Å². The van der Waals surface area contributed by atoms with Gasteiger partial charge in [-0.2, -0.15) is 0 Å². The van der Waals surface area contributed by atoms with Crippen molar-refractivity contribution in [1.82, 2.24) is 4.98 Å². The molecule has 2 aromatic rings. The predicted molar refractivity (Wildman–Crippen MR) is 70.4 cm³/mol. The second-order valence-electron chi connectivity index (χ2n) is 4.18. The quantitative estimate of drug-likeness (QED) is 0.903. The average Bonchev–Trinajstić information content (AvgIpc) is 2.93. The van der Waals surface area contributed by atoms with Crippen molar-refractivity contribution in [2.24, 2.45) is 0 Å². The molecule has 0 saturated carbocycles. The maximum atomic E-state index is 10.3. The molecule has 1 N–H and O–H groups in total. The van der Waals surface area contributed by atoms with Crippen LogP contribution in [0, 0.1) is 0 Å². The lowest BCUT2D eigenvalue weighted by molar-refractivity contribution is 0.120. The van der Waals surface area contributed by atoms with Crippen molar-refractivity contribution in [3.63, 3.8) is 0 Å². The van der Waals surface area contributed by atoms with Crippen LogP contribution in [0.4, 0.5) is 0 Å². The Bertz CT molecular complexity index is 624. The van der Waals surface area contributed by atoms with Gasteiger partial charge >= 0.3 is 0 Å². The molecule has 0 amide bonds. The van der Waals surface area contributed by atoms with E-state index in [-0.39, 0.29) is 0 Å². The van der Waals surface area contributed by atoms with Gasteiger partial charge in [-0.15, -0.1) is 0 Å². The second kappa shape index (κ2) is 4.59. The van der Waals surface area contributed by atoms with E-state index in [9.17, 15) is 5.11 Å². The van der Waals surface area contributed by atoms with Gasteiger partial charge in [-0.25, -0.2) is 0 Å². The third-order valence-electron chi connectivity index (χ3n) is 3.04. The summed E-state index contributed by atoms with van der Waals surface area (Å²) >= 11 is 6.13. The summed E-state index contributed by atoms with van der Waals surface area (Å²) in [6, 6.07) is 7.30. The van der Waals surface area contributed by atoms with E-state index in [0.29, 0.717) is 22.9 Å². The van der Waals surface area contributed by atoms with Crippen molar-refractivity contribution in [1.29, 1.82) is 0 Å². The Hall–Kier alpha value is -1.58. The van der Waals surface area contributed by atoms with Crippen molar-refractivity contribution < 1.29 is 9.84 Å². The molecule has 1 aliphatic rings. The highest BCUT2D eigenvalue weighted by atomic mass is 35.5. The van der Waals surface area contributed by atoms with Crippen LogP contribution < -0.4 is 0 Å². The Morgan fingerprint density at radius 3 is 3.00 bits per heavy atom. The topological polar surface area (TPSA) is 42.4 Å². The molecule has 0 bridgehead atoms. The molecule has 3 nitrogen and oxygen atoms in total. The maximum absolute atomic E-state index is 10.3. The molecule has 1 aromatic heterocycles. The van der Waals surface area contributed by atoms with Crippen LogP contribution in [0.15, 0.2) is 42.3 Å². The molecule has 1 unspecified atom stereocenters. The molecule has 0 fully saturated rings. The predicted octanol–water partition coefficient (Wildman–Crippen LogP) is 3.23. The zero-order chi connectivity index (χ0) is 12.5. The molecule has 1 aromatic carbocycles. The molecule has 92 valence electrons. The van der Waals surface area contributed by atoms with E-state index in [2.05, 4.69) is 4.98 Å². The van der Waals surface area contributed by atoms with E-state index < -0.39 is 6.10 Å².